The molecule has 0 aliphatic carbocycles. The lowest BCUT2D eigenvalue weighted by Crippen LogP contribution is -2.00. The minimum atomic E-state index is 0.627. The van der Waals surface area contributed by atoms with Crippen molar-refractivity contribution in [2.45, 2.75) is 0 Å². The zero-order chi connectivity index (χ0) is 28.6. The van der Waals surface area contributed by atoms with Crippen LogP contribution in [0.3, 0.4) is 0 Å². The van der Waals surface area contributed by atoms with Gasteiger partial charge in [-0.25, -0.2) is 19.9 Å². The number of nitrogens with zero attached hydrogens (tertiary/aromatic N) is 4. The first-order valence-corrected chi connectivity index (χ1v) is 14.1. The second kappa shape index (κ2) is 10.5. The maximum Gasteiger partial charge on any atom is 0.227 e. The minimum Gasteiger partial charge on any atom is -0.435 e. The molecule has 0 unspecified atom stereocenters. The summed E-state index contributed by atoms with van der Waals surface area (Å²) in [5.41, 5.74) is 7.59. The van der Waals surface area contributed by atoms with E-state index in [1.165, 1.54) is 0 Å². The van der Waals surface area contributed by atoms with E-state index in [0.717, 1.165) is 55.3 Å². The van der Waals surface area contributed by atoms with Gasteiger partial charge >= 0.3 is 0 Å². The van der Waals surface area contributed by atoms with Gasteiger partial charge in [-0.2, -0.15) is 0 Å². The third kappa shape index (κ3) is 4.73. The molecule has 0 atom stereocenters. The van der Waals surface area contributed by atoms with Crippen LogP contribution in [0, 0.1) is 0 Å². The fourth-order valence-electron chi connectivity index (χ4n) is 5.37. The van der Waals surface area contributed by atoms with E-state index >= 15 is 0 Å². The average Bonchev–Trinajstić information content (AvgIpc) is 3.54. The van der Waals surface area contributed by atoms with Gasteiger partial charge in [0.2, 0.25) is 5.89 Å². The van der Waals surface area contributed by atoms with E-state index in [1.54, 1.807) is 0 Å². The monoisotopic (exact) mass is 552 g/mol. The molecule has 5 heteroatoms. The molecule has 0 radical (unpaired) electrons. The van der Waals surface area contributed by atoms with Crippen LogP contribution in [0.1, 0.15) is 0 Å². The maximum atomic E-state index is 6.25. The molecule has 0 aliphatic rings. The van der Waals surface area contributed by atoms with Crippen molar-refractivity contribution in [2.24, 2.45) is 0 Å². The molecule has 0 fully saturated rings. The Morgan fingerprint density at radius 2 is 0.907 bits per heavy atom. The van der Waals surface area contributed by atoms with Crippen LogP contribution in [0.5, 0.6) is 0 Å². The van der Waals surface area contributed by atoms with Crippen molar-refractivity contribution >= 4 is 21.9 Å². The van der Waals surface area contributed by atoms with E-state index in [-0.39, 0.29) is 0 Å². The number of oxazole rings is 1. The quantitative estimate of drug-likeness (QED) is 0.213. The first kappa shape index (κ1) is 24.8. The van der Waals surface area contributed by atoms with Gasteiger partial charge in [-0.3, -0.25) is 0 Å². The van der Waals surface area contributed by atoms with Crippen LogP contribution >= 0.6 is 0 Å². The van der Waals surface area contributed by atoms with Crippen LogP contribution in [0.25, 0.3) is 78.6 Å². The highest BCUT2D eigenvalue weighted by Crippen LogP contribution is 2.34. The molecule has 2 aromatic heterocycles. The molecule has 8 aromatic rings. The highest BCUT2D eigenvalue weighted by molar-refractivity contribution is 6.04. The number of hydrogen-bond donors (Lipinski definition) is 0. The molecule has 202 valence electrons. The van der Waals surface area contributed by atoms with Gasteiger partial charge in [0.05, 0.1) is 0 Å². The largest absolute Gasteiger partial charge is 0.435 e. The van der Waals surface area contributed by atoms with Crippen LogP contribution in [-0.2, 0) is 0 Å². The number of fused-ring (bicyclic) bond motifs is 3. The van der Waals surface area contributed by atoms with E-state index in [2.05, 4.69) is 42.5 Å². The van der Waals surface area contributed by atoms with Gasteiger partial charge in [0, 0.05) is 27.6 Å². The van der Waals surface area contributed by atoms with Gasteiger partial charge in [-0.05, 0) is 52.9 Å². The Kier molecular flexibility index (Phi) is 6.05. The molecule has 2 heterocycles. The Morgan fingerprint density at radius 3 is 1.56 bits per heavy atom. The summed E-state index contributed by atoms with van der Waals surface area (Å²) in [4.78, 5) is 19.4. The highest BCUT2D eigenvalue weighted by Gasteiger charge is 2.14. The van der Waals surface area contributed by atoms with Gasteiger partial charge in [-0.15, -0.1) is 0 Å². The van der Waals surface area contributed by atoms with Crippen molar-refractivity contribution in [3.63, 3.8) is 0 Å². The van der Waals surface area contributed by atoms with Gasteiger partial charge in [0.1, 0.15) is 5.52 Å². The van der Waals surface area contributed by atoms with Crippen LogP contribution in [0.4, 0.5) is 0 Å². The minimum absolute atomic E-state index is 0.627. The molecule has 0 aliphatic heterocycles. The van der Waals surface area contributed by atoms with Crippen molar-refractivity contribution in [2.75, 3.05) is 0 Å². The summed E-state index contributed by atoms with van der Waals surface area (Å²) in [5, 5.41) is 2.12. The van der Waals surface area contributed by atoms with E-state index in [4.69, 9.17) is 24.4 Å². The van der Waals surface area contributed by atoms with Crippen molar-refractivity contribution < 1.29 is 4.42 Å². The van der Waals surface area contributed by atoms with E-state index < -0.39 is 0 Å². The Bertz CT molecular complexity index is 2170. The molecule has 0 saturated heterocycles. The Balaban J connectivity index is 1.20. The molecule has 0 N–H and O–H groups in total. The Morgan fingerprint density at radius 1 is 0.372 bits per heavy atom. The highest BCUT2D eigenvalue weighted by atomic mass is 16.3. The molecular weight excluding hydrogens is 528 g/mol. The molecule has 6 aromatic carbocycles. The zero-order valence-electron chi connectivity index (χ0n) is 23.1. The van der Waals surface area contributed by atoms with Crippen LogP contribution < -0.4 is 0 Å². The first-order chi connectivity index (χ1) is 21.3. The summed E-state index contributed by atoms with van der Waals surface area (Å²) >= 11 is 0. The predicted molar refractivity (Wildman–Crippen MR) is 172 cm³/mol. The SMILES string of the molecule is c1ccc(-c2nc(-c3ccccc3)nc(-c3cccc(-c4ccc5c(ccc6nc(-c7ccccc7)oc65)c4)c3)n2)cc1. The summed E-state index contributed by atoms with van der Waals surface area (Å²) in [6, 6.07) is 49.0. The van der Waals surface area contributed by atoms with Crippen molar-refractivity contribution in [3.05, 3.63) is 146 Å². The molecule has 5 nitrogen and oxygen atoms in total. The Labute approximate surface area is 248 Å². The molecule has 0 amide bonds. The van der Waals surface area contributed by atoms with Crippen LogP contribution in [0.15, 0.2) is 150 Å². The Hall–Kier alpha value is -5.94. The predicted octanol–water partition coefficient (Wildman–Crippen LogP) is 9.50. The molecule has 0 bridgehead atoms. The third-order valence-corrected chi connectivity index (χ3v) is 7.54. The summed E-state index contributed by atoms with van der Waals surface area (Å²) in [5.74, 6) is 2.55. The molecule has 0 spiro atoms. The molecular formula is C38H24N4O. The first-order valence-electron chi connectivity index (χ1n) is 14.1. The number of benzene rings is 6. The molecule has 43 heavy (non-hydrogen) atoms. The summed E-state index contributed by atoms with van der Waals surface area (Å²) in [7, 11) is 0. The lowest BCUT2D eigenvalue weighted by molar-refractivity contribution is 0.623. The van der Waals surface area contributed by atoms with Gasteiger partial charge in [0.15, 0.2) is 23.1 Å². The van der Waals surface area contributed by atoms with Gasteiger partial charge in [0.25, 0.3) is 0 Å². The summed E-state index contributed by atoms with van der Waals surface area (Å²) in [6.07, 6.45) is 0. The number of rotatable bonds is 5. The smallest absolute Gasteiger partial charge is 0.227 e. The maximum absolute atomic E-state index is 6.25. The fraction of sp³-hybridized carbons (Fsp3) is 0. The zero-order valence-corrected chi connectivity index (χ0v) is 23.1. The van der Waals surface area contributed by atoms with Crippen LogP contribution in [-0.4, -0.2) is 19.9 Å². The van der Waals surface area contributed by atoms with Crippen LogP contribution in [0.2, 0.25) is 0 Å². The number of aromatic nitrogens is 4. The molecule has 8 rings (SSSR count). The molecule has 0 saturated carbocycles. The van der Waals surface area contributed by atoms with Crippen molar-refractivity contribution in [1.29, 1.82) is 0 Å². The second-order valence-corrected chi connectivity index (χ2v) is 10.4. The number of hydrogen-bond acceptors (Lipinski definition) is 5. The van der Waals surface area contributed by atoms with Crippen molar-refractivity contribution in [1.82, 2.24) is 19.9 Å². The van der Waals surface area contributed by atoms with Gasteiger partial charge in [-0.1, -0.05) is 109 Å². The van der Waals surface area contributed by atoms with E-state index in [1.807, 2.05) is 103 Å². The van der Waals surface area contributed by atoms with E-state index in [9.17, 15) is 0 Å². The fourth-order valence-corrected chi connectivity index (χ4v) is 5.37. The van der Waals surface area contributed by atoms with E-state index in [0.29, 0.717) is 23.4 Å². The van der Waals surface area contributed by atoms with Crippen molar-refractivity contribution in [3.8, 4) is 56.7 Å². The topological polar surface area (TPSA) is 64.7 Å². The summed E-state index contributed by atoms with van der Waals surface area (Å²) in [6.45, 7) is 0. The summed E-state index contributed by atoms with van der Waals surface area (Å²) < 4.78 is 6.25. The average molecular weight is 553 g/mol. The standard InChI is InChI=1S/C38H24N4O/c1-4-11-25(12-5-1)35-40-36(26-13-6-2-7-14-26)42-37(41-35)31-18-10-17-28(24-31)29-19-21-32-30(23-29)20-22-33-34(32)43-38(39-33)27-15-8-3-9-16-27/h1-24H. The third-order valence-electron chi connectivity index (χ3n) is 7.54. The lowest BCUT2D eigenvalue weighted by Gasteiger charge is -2.10. The normalized spacial score (nSPS) is 11.3. The van der Waals surface area contributed by atoms with Gasteiger partial charge < -0.3 is 4.42 Å². The lowest BCUT2D eigenvalue weighted by atomic mass is 9.99. The second-order valence-electron chi connectivity index (χ2n) is 10.4.